The van der Waals surface area contributed by atoms with E-state index in [2.05, 4.69) is 15.4 Å². The predicted octanol–water partition coefficient (Wildman–Crippen LogP) is 4.41. The van der Waals surface area contributed by atoms with Gasteiger partial charge in [0, 0.05) is 41.8 Å². The Balaban J connectivity index is 1.59. The maximum absolute atomic E-state index is 14.0. The molecule has 1 aromatic carbocycles. The second-order valence-corrected chi connectivity index (χ2v) is 10.7. The third-order valence-corrected chi connectivity index (χ3v) is 8.04. The van der Waals surface area contributed by atoms with Gasteiger partial charge in [-0.15, -0.1) is 13.2 Å². The highest BCUT2D eigenvalue weighted by molar-refractivity contribution is 6.07. The lowest BCUT2D eigenvalue weighted by Crippen LogP contribution is -2.56. The molecule has 1 aliphatic carbocycles. The first kappa shape index (κ1) is 28.9. The summed E-state index contributed by atoms with van der Waals surface area (Å²) in [5.41, 5.74) is 0.885. The summed E-state index contributed by atoms with van der Waals surface area (Å²) in [6, 6.07) is 2.75. The molecule has 4 rings (SSSR count). The van der Waals surface area contributed by atoms with Gasteiger partial charge in [0.2, 0.25) is 11.8 Å². The Labute approximate surface area is 226 Å². The number of rotatable bonds is 9. The molecule has 1 saturated heterocycles. The highest BCUT2D eigenvalue weighted by Crippen LogP contribution is 2.33. The van der Waals surface area contributed by atoms with Crippen molar-refractivity contribution in [3.8, 4) is 5.75 Å². The average molecular weight is 551 g/mol. The minimum absolute atomic E-state index is 0.0734. The molecule has 0 spiro atoms. The number of nitrogens with one attached hydrogen (secondary N) is 2. The van der Waals surface area contributed by atoms with E-state index in [9.17, 15) is 27.6 Å². The van der Waals surface area contributed by atoms with Crippen LogP contribution in [-0.2, 0) is 16.1 Å². The van der Waals surface area contributed by atoms with Crippen molar-refractivity contribution in [2.24, 2.45) is 5.92 Å². The number of carbonyl (C=O) groups excluding carboxylic acids is 3. The van der Waals surface area contributed by atoms with Gasteiger partial charge in [0.05, 0.1) is 6.04 Å². The fraction of sp³-hybridized carbons (Fsp3) is 0.607. The number of Topliss-reactive ketones (excluding diaryl/α,β-unsaturated/α-hetero) is 1. The molecular weight excluding hydrogens is 513 g/mol. The number of ketones is 1. The van der Waals surface area contributed by atoms with Gasteiger partial charge in [0.25, 0.3) is 0 Å². The molecular formula is C28H37F3N4O4. The smallest absolute Gasteiger partial charge is 0.406 e. The molecule has 214 valence electrons. The number of alkyl halides is 3. The van der Waals surface area contributed by atoms with Crippen LogP contribution in [0.1, 0.15) is 69.2 Å². The first-order chi connectivity index (χ1) is 18.5. The number of likely N-dealkylation sites (N-methyl/N-ethyl adjacent to an activating group) is 1. The number of halogens is 3. The molecule has 0 radical (unpaired) electrons. The number of carbonyl (C=O) groups is 3. The van der Waals surface area contributed by atoms with E-state index in [0.29, 0.717) is 29.6 Å². The Kier molecular flexibility index (Phi) is 8.88. The zero-order chi connectivity index (χ0) is 28.3. The Bertz CT molecular complexity index is 1210. The fourth-order valence-electron chi connectivity index (χ4n) is 5.88. The summed E-state index contributed by atoms with van der Waals surface area (Å²) >= 11 is 0. The predicted molar refractivity (Wildman–Crippen MR) is 140 cm³/mol. The van der Waals surface area contributed by atoms with Gasteiger partial charge in [0.15, 0.2) is 5.78 Å². The van der Waals surface area contributed by atoms with E-state index >= 15 is 0 Å². The summed E-state index contributed by atoms with van der Waals surface area (Å²) in [4.78, 5) is 40.9. The van der Waals surface area contributed by atoms with Crippen LogP contribution < -0.4 is 15.4 Å². The summed E-state index contributed by atoms with van der Waals surface area (Å²) in [5.74, 6) is -0.901. The highest BCUT2D eigenvalue weighted by atomic mass is 19.4. The molecule has 2 heterocycles. The number of ether oxygens (including phenoxy) is 1. The molecule has 1 aliphatic heterocycles. The maximum Gasteiger partial charge on any atom is 0.573 e. The normalized spacial score (nSPS) is 20.2. The van der Waals surface area contributed by atoms with Crippen LogP contribution >= 0.6 is 0 Å². The molecule has 0 unspecified atom stereocenters. The van der Waals surface area contributed by atoms with Crippen molar-refractivity contribution in [3.63, 3.8) is 0 Å². The molecule has 3 atom stereocenters. The van der Waals surface area contributed by atoms with E-state index < -0.39 is 24.2 Å². The number of likely N-dealkylation sites (tertiary alicyclic amines) is 1. The molecule has 1 aromatic heterocycles. The van der Waals surface area contributed by atoms with Crippen LogP contribution in [0.3, 0.4) is 0 Å². The number of hydrogen-bond donors (Lipinski definition) is 2. The van der Waals surface area contributed by atoms with Crippen molar-refractivity contribution < 1.29 is 32.3 Å². The summed E-state index contributed by atoms with van der Waals surface area (Å²) in [6.07, 6.45) is 3.29. The van der Waals surface area contributed by atoms with Crippen molar-refractivity contribution in [1.82, 2.24) is 20.1 Å². The number of nitrogens with zero attached hydrogens (tertiary/aromatic N) is 2. The average Bonchev–Trinajstić information content (AvgIpc) is 3.50. The molecule has 2 aliphatic rings. The topological polar surface area (TPSA) is 92.7 Å². The van der Waals surface area contributed by atoms with Crippen LogP contribution in [0.2, 0.25) is 0 Å². The first-order valence-corrected chi connectivity index (χ1v) is 13.7. The second-order valence-electron chi connectivity index (χ2n) is 10.7. The number of fused-ring (bicyclic) bond motifs is 1. The zero-order valence-electron chi connectivity index (χ0n) is 22.6. The van der Waals surface area contributed by atoms with Crippen molar-refractivity contribution in [2.45, 2.75) is 89.8 Å². The SMILES string of the molecule is CN[C@@H](C)C(=O)N[C@H](C(=O)N1CCC[C@H]1Cn1cc(C(C)=O)c2cc(OC(F)(F)F)ccc21)C1CCCCC1. The summed E-state index contributed by atoms with van der Waals surface area (Å²) in [7, 11) is 1.70. The summed E-state index contributed by atoms with van der Waals surface area (Å²) < 4.78 is 44.2. The van der Waals surface area contributed by atoms with E-state index in [4.69, 9.17) is 0 Å². The largest absolute Gasteiger partial charge is 0.573 e. The van der Waals surface area contributed by atoms with Gasteiger partial charge in [-0.2, -0.15) is 0 Å². The number of aromatic nitrogens is 1. The van der Waals surface area contributed by atoms with E-state index in [1.165, 1.54) is 25.1 Å². The standard InChI is InChI=1S/C28H37F3N4O4/c1-17(32-3)26(37)33-25(19-8-5-4-6-9-19)27(38)35-13-7-10-20(35)15-34-16-23(18(2)36)22-14-21(11-12-24(22)34)39-28(29,30)31/h11-12,14,16-17,19-20,25,32H,4-10,13,15H2,1-3H3,(H,33,37)/t17-,20-,25-/m0/s1. The lowest BCUT2D eigenvalue weighted by atomic mass is 9.83. The Morgan fingerprint density at radius 3 is 2.46 bits per heavy atom. The van der Waals surface area contributed by atoms with Gasteiger partial charge in [-0.05, 0) is 70.7 Å². The molecule has 2 amide bonds. The third-order valence-electron chi connectivity index (χ3n) is 8.04. The van der Waals surface area contributed by atoms with Crippen LogP contribution in [0.4, 0.5) is 13.2 Å². The lowest BCUT2D eigenvalue weighted by molar-refractivity contribution is -0.274. The minimum atomic E-state index is -4.84. The number of amides is 2. The Morgan fingerprint density at radius 2 is 1.82 bits per heavy atom. The number of benzene rings is 1. The molecule has 11 heteroatoms. The number of hydrogen-bond acceptors (Lipinski definition) is 5. The maximum atomic E-state index is 14.0. The van der Waals surface area contributed by atoms with Gasteiger partial charge in [-0.25, -0.2) is 0 Å². The molecule has 1 saturated carbocycles. The molecule has 8 nitrogen and oxygen atoms in total. The monoisotopic (exact) mass is 550 g/mol. The summed E-state index contributed by atoms with van der Waals surface area (Å²) in [6.45, 7) is 4.07. The van der Waals surface area contributed by atoms with Crippen LogP contribution in [0.5, 0.6) is 5.75 Å². The van der Waals surface area contributed by atoms with Gasteiger partial charge < -0.3 is 24.8 Å². The highest BCUT2D eigenvalue weighted by Gasteiger charge is 2.39. The van der Waals surface area contributed by atoms with E-state index in [-0.39, 0.29) is 29.6 Å². The summed E-state index contributed by atoms with van der Waals surface area (Å²) in [5, 5.41) is 6.32. The second kappa shape index (κ2) is 12.0. The van der Waals surface area contributed by atoms with E-state index in [0.717, 1.165) is 44.9 Å². The molecule has 39 heavy (non-hydrogen) atoms. The minimum Gasteiger partial charge on any atom is -0.406 e. The van der Waals surface area contributed by atoms with Crippen molar-refractivity contribution in [2.75, 3.05) is 13.6 Å². The first-order valence-electron chi connectivity index (χ1n) is 13.7. The third kappa shape index (κ3) is 6.74. The van der Waals surface area contributed by atoms with Crippen LogP contribution in [0.15, 0.2) is 24.4 Å². The van der Waals surface area contributed by atoms with Gasteiger partial charge >= 0.3 is 6.36 Å². The van der Waals surface area contributed by atoms with E-state index in [1.54, 1.807) is 20.2 Å². The van der Waals surface area contributed by atoms with Gasteiger partial charge in [0.1, 0.15) is 11.8 Å². The van der Waals surface area contributed by atoms with Crippen molar-refractivity contribution in [1.29, 1.82) is 0 Å². The fourth-order valence-corrected chi connectivity index (χ4v) is 5.88. The lowest BCUT2D eigenvalue weighted by Gasteiger charge is -2.35. The molecule has 2 aromatic rings. The van der Waals surface area contributed by atoms with Crippen LogP contribution in [-0.4, -0.2) is 65.1 Å². The Hall–Kier alpha value is -3.08. The van der Waals surface area contributed by atoms with Crippen molar-refractivity contribution in [3.05, 3.63) is 30.0 Å². The quantitative estimate of drug-likeness (QED) is 0.452. The van der Waals surface area contributed by atoms with Crippen molar-refractivity contribution >= 4 is 28.5 Å². The van der Waals surface area contributed by atoms with Gasteiger partial charge in [-0.1, -0.05) is 19.3 Å². The zero-order valence-corrected chi connectivity index (χ0v) is 22.6. The van der Waals surface area contributed by atoms with Crippen LogP contribution in [0.25, 0.3) is 10.9 Å². The molecule has 0 bridgehead atoms. The van der Waals surface area contributed by atoms with E-state index in [1.807, 2.05) is 9.47 Å². The Morgan fingerprint density at radius 1 is 1.10 bits per heavy atom. The van der Waals surface area contributed by atoms with Crippen LogP contribution in [0, 0.1) is 5.92 Å². The van der Waals surface area contributed by atoms with Gasteiger partial charge in [-0.3, -0.25) is 14.4 Å². The molecule has 2 N–H and O–H groups in total. The molecule has 2 fully saturated rings.